The van der Waals surface area contributed by atoms with Gasteiger partial charge in [0.25, 0.3) is 0 Å². The van der Waals surface area contributed by atoms with Gasteiger partial charge in [0.2, 0.25) is 5.91 Å². The van der Waals surface area contributed by atoms with E-state index in [1.165, 1.54) is 12.7 Å². The molecule has 0 aliphatic carbocycles. The van der Waals surface area contributed by atoms with E-state index in [-0.39, 0.29) is 61.5 Å². The van der Waals surface area contributed by atoms with Crippen LogP contribution in [-0.4, -0.2) is 78.2 Å². The molecule has 2 aromatic carbocycles. The molecule has 2 saturated heterocycles. The number of methoxy groups -OCH3 is 1. The molecule has 0 spiro atoms. The van der Waals surface area contributed by atoms with E-state index in [1.54, 1.807) is 17.0 Å². The minimum atomic E-state index is -0.678. The van der Waals surface area contributed by atoms with Crippen LogP contribution in [0.25, 0.3) is 0 Å². The molecular formula is C31H39Cl2N3O4. The number of rotatable bonds is 13. The SMILES string of the molecule is COCC(=O)CC[C@H](C(=O)CCc1ccc(Cl)c(Cl)c1)N1CCC(CCc2ccccc2)N2C[C@H](N)C[C@H]2C1=O. The Labute approximate surface area is 246 Å². The molecule has 216 valence electrons. The molecular weight excluding hydrogens is 549 g/mol. The number of benzene rings is 2. The van der Waals surface area contributed by atoms with Crippen LogP contribution in [0, 0.1) is 0 Å². The summed E-state index contributed by atoms with van der Waals surface area (Å²) >= 11 is 12.2. The number of carbonyl (C=O) groups is 3. The second-order valence-electron chi connectivity index (χ2n) is 10.9. The Bertz CT molecular complexity index is 1180. The Morgan fingerprint density at radius 3 is 2.55 bits per heavy atom. The van der Waals surface area contributed by atoms with E-state index < -0.39 is 6.04 Å². The quantitative estimate of drug-likeness (QED) is 0.371. The van der Waals surface area contributed by atoms with Crippen LogP contribution >= 0.6 is 23.2 Å². The van der Waals surface area contributed by atoms with Crippen LogP contribution in [0.2, 0.25) is 10.0 Å². The number of ether oxygens (including phenoxy) is 1. The highest BCUT2D eigenvalue weighted by atomic mass is 35.5. The van der Waals surface area contributed by atoms with Gasteiger partial charge in [-0.05, 0) is 61.8 Å². The van der Waals surface area contributed by atoms with Crippen LogP contribution in [0.1, 0.15) is 49.7 Å². The molecule has 4 atom stereocenters. The van der Waals surface area contributed by atoms with E-state index in [1.807, 2.05) is 24.3 Å². The van der Waals surface area contributed by atoms with Crippen LogP contribution in [0.3, 0.4) is 0 Å². The standard InChI is InChI=1S/C31H39Cl2N3O4/c1-40-20-25(37)11-13-28(30(38)14-9-22-8-12-26(32)27(33)17-22)35-16-15-24(10-7-21-5-3-2-4-6-21)36-19-23(34)18-29(36)31(35)39/h2-6,8,12,17,23-24,28-29H,7,9-11,13-16,18-20,34H2,1H3/t23-,24?,28-,29+/m1/s1. The van der Waals surface area contributed by atoms with Gasteiger partial charge in [-0.3, -0.25) is 19.3 Å². The van der Waals surface area contributed by atoms with Crippen molar-refractivity contribution in [3.05, 3.63) is 69.7 Å². The Hall–Kier alpha value is -2.29. The molecule has 2 fully saturated rings. The van der Waals surface area contributed by atoms with E-state index in [9.17, 15) is 14.4 Å². The van der Waals surface area contributed by atoms with Crippen molar-refractivity contribution in [3.63, 3.8) is 0 Å². The number of nitrogens with two attached hydrogens (primary N) is 1. The van der Waals surface area contributed by atoms with Crippen molar-refractivity contribution < 1.29 is 19.1 Å². The fourth-order valence-electron chi connectivity index (χ4n) is 6.04. The molecule has 9 heteroatoms. The number of halogens is 2. The molecule has 2 aliphatic rings. The summed E-state index contributed by atoms with van der Waals surface area (Å²) < 4.78 is 5.00. The van der Waals surface area contributed by atoms with Crippen molar-refractivity contribution in [3.8, 4) is 0 Å². The summed E-state index contributed by atoms with van der Waals surface area (Å²) in [6, 6.07) is 14.8. The van der Waals surface area contributed by atoms with Gasteiger partial charge in [0.15, 0.2) is 11.6 Å². The highest BCUT2D eigenvalue weighted by Crippen LogP contribution is 2.31. The molecule has 1 amide bonds. The molecule has 0 saturated carbocycles. The summed E-state index contributed by atoms with van der Waals surface area (Å²) in [5.41, 5.74) is 8.53. The fourth-order valence-corrected chi connectivity index (χ4v) is 6.37. The molecule has 1 unspecified atom stereocenters. The lowest BCUT2D eigenvalue weighted by molar-refractivity contribution is -0.142. The minimum Gasteiger partial charge on any atom is -0.377 e. The summed E-state index contributed by atoms with van der Waals surface area (Å²) in [4.78, 5) is 44.1. The van der Waals surface area contributed by atoms with Crippen LogP contribution in [0.15, 0.2) is 48.5 Å². The van der Waals surface area contributed by atoms with Gasteiger partial charge in [0, 0.05) is 45.1 Å². The predicted molar refractivity (Wildman–Crippen MR) is 158 cm³/mol. The van der Waals surface area contributed by atoms with Crippen molar-refractivity contribution in [2.75, 3.05) is 26.8 Å². The van der Waals surface area contributed by atoms with Crippen molar-refractivity contribution in [1.82, 2.24) is 9.80 Å². The lowest BCUT2D eigenvalue weighted by Gasteiger charge is -2.32. The topological polar surface area (TPSA) is 92.9 Å². The summed E-state index contributed by atoms with van der Waals surface area (Å²) in [5.74, 6) is -0.194. The molecule has 0 bridgehead atoms. The zero-order valence-corrected chi connectivity index (χ0v) is 24.6. The van der Waals surface area contributed by atoms with Crippen molar-refractivity contribution in [2.24, 2.45) is 5.73 Å². The molecule has 4 rings (SSSR count). The van der Waals surface area contributed by atoms with Gasteiger partial charge in [-0.25, -0.2) is 0 Å². The number of amides is 1. The first-order chi connectivity index (χ1) is 19.3. The molecule has 2 aliphatic heterocycles. The van der Waals surface area contributed by atoms with Gasteiger partial charge < -0.3 is 15.4 Å². The van der Waals surface area contributed by atoms with Crippen molar-refractivity contribution in [2.45, 2.75) is 75.5 Å². The van der Waals surface area contributed by atoms with Crippen LogP contribution in [-0.2, 0) is 32.0 Å². The lowest BCUT2D eigenvalue weighted by atomic mass is 9.96. The average molecular weight is 589 g/mol. The third kappa shape index (κ3) is 7.92. The lowest BCUT2D eigenvalue weighted by Crippen LogP contribution is -2.50. The first kappa shape index (κ1) is 30.7. The largest absolute Gasteiger partial charge is 0.377 e. The molecule has 0 aromatic heterocycles. The number of fused-ring (bicyclic) bond motifs is 1. The van der Waals surface area contributed by atoms with Crippen molar-refractivity contribution in [1.29, 1.82) is 0 Å². The van der Waals surface area contributed by atoms with Gasteiger partial charge in [-0.1, -0.05) is 59.6 Å². The second kappa shape index (κ2) is 14.6. The summed E-state index contributed by atoms with van der Waals surface area (Å²) in [6.45, 7) is 1.14. The molecule has 2 heterocycles. The highest BCUT2D eigenvalue weighted by molar-refractivity contribution is 6.42. The second-order valence-corrected chi connectivity index (χ2v) is 11.8. The Balaban J connectivity index is 1.52. The zero-order chi connectivity index (χ0) is 28.6. The predicted octanol–water partition coefficient (Wildman–Crippen LogP) is 4.49. The van der Waals surface area contributed by atoms with Gasteiger partial charge >= 0.3 is 0 Å². The molecule has 2 N–H and O–H groups in total. The number of hydrogen-bond acceptors (Lipinski definition) is 6. The minimum absolute atomic E-state index is 0.00898. The van der Waals surface area contributed by atoms with E-state index in [0.29, 0.717) is 36.0 Å². The Morgan fingerprint density at radius 2 is 1.82 bits per heavy atom. The maximum Gasteiger partial charge on any atom is 0.240 e. The van der Waals surface area contributed by atoms with E-state index >= 15 is 0 Å². The van der Waals surface area contributed by atoms with Crippen LogP contribution < -0.4 is 5.73 Å². The monoisotopic (exact) mass is 587 g/mol. The average Bonchev–Trinajstić information content (AvgIpc) is 3.29. The normalized spacial score (nSPS) is 22.1. The van der Waals surface area contributed by atoms with Crippen LogP contribution in [0.5, 0.6) is 0 Å². The Morgan fingerprint density at radius 1 is 1.05 bits per heavy atom. The highest BCUT2D eigenvalue weighted by Gasteiger charge is 2.45. The first-order valence-corrected chi connectivity index (χ1v) is 14.9. The first-order valence-electron chi connectivity index (χ1n) is 14.1. The molecule has 40 heavy (non-hydrogen) atoms. The number of ketones is 2. The summed E-state index contributed by atoms with van der Waals surface area (Å²) in [6.07, 6.45) is 4.31. The smallest absolute Gasteiger partial charge is 0.240 e. The third-order valence-corrected chi connectivity index (χ3v) is 8.85. The zero-order valence-electron chi connectivity index (χ0n) is 23.1. The van der Waals surface area contributed by atoms with E-state index in [4.69, 9.17) is 33.7 Å². The van der Waals surface area contributed by atoms with Gasteiger partial charge in [-0.15, -0.1) is 0 Å². The molecule has 0 radical (unpaired) electrons. The maximum absolute atomic E-state index is 14.0. The third-order valence-electron chi connectivity index (χ3n) is 8.12. The van der Waals surface area contributed by atoms with Gasteiger partial charge in [0.1, 0.15) is 6.61 Å². The maximum atomic E-state index is 14.0. The van der Waals surface area contributed by atoms with E-state index in [2.05, 4.69) is 17.0 Å². The van der Waals surface area contributed by atoms with Crippen molar-refractivity contribution >= 4 is 40.7 Å². The van der Waals surface area contributed by atoms with Crippen LogP contribution in [0.4, 0.5) is 0 Å². The number of Topliss-reactive ketones (excluding diaryl/α,β-unsaturated/α-hetero) is 2. The summed E-state index contributed by atoms with van der Waals surface area (Å²) in [7, 11) is 1.48. The number of carbonyl (C=O) groups excluding carboxylic acids is 3. The molecule has 2 aromatic rings. The van der Waals surface area contributed by atoms with Gasteiger partial charge in [0.05, 0.1) is 22.1 Å². The number of nitrogens with zero attached hydrogens (tertiary/aromatic N) is 2. The number of aryl methyl sites for hydroxylation is 2. The fraction of sp³-hybridized carbons (Fsp3) is 0.516. The van der Waals surface area contributed by atoms with Gasteiger partial charge in [-0.2, -0.15) is 0 Å². The number of hydrogen-bond donors (Lipinski definition) is 1. The molecule has 7 nitrogen and oxygen atoms in total. The Kier molecular flexibility index (Phi) is 11.2. The summed E-state index contributed by atoms with van der Waals surface area (Å²) in [5, 5.41) is 0.901. The van der Waals surface area contributed by atoms with E-state index in [0.717, 1.165) is 24.8 Å².